The molecule has 6 aromatic carbocycles. The van der Waals surface area contributed by atoms with E-state index in [4.69, 9.17) is 30.2 Å². The minimum atomic E-state index is 0.219. The molecule has 0 saturated carbocycles. The van der Waals surface area contributed by atoms with Crippen molar-refractivity contribution in [2.24, 2.45) is 0 Å². The van der Waals surface area contributed by atoms with Crippen LogP contribution in [0.2, 0.25) is 0 Å². The summed E-state index contributed by atoms with van der Waals surface area (Å²) >= 11 is 0. The number of furan rings is 1. The van der Waals surface area contributed by atoms with Crippen LogP contribution in [0.4, 0.5) is 0 Å². The molecule has 2 heterocycles. The molecular weight excluding hydrogens is 578 g/mol. The molecule has 0 amide bonds. The van der Waals surface area contributed by atoms with E-state index in [1.165, 1.54) is 0 Å². The molecule has 8 aromatic rings. The van der Waals surface area contributed by atoms with Crippen LogP contribution < -0.4 is 0 Å². The molecular formula is C41H25N5O. The molecule has 0 saturated heterocycles. The fourth-order valence-corrected chi connectivity index (χ4v) is 6.47. The largest absolute Gasteiger partial charge is 0.456 e. The number of hydrogen-bond acceptors (Lipinski definition) is 6. The third-order valence-corrected chi connectivity index (χ3v) is 8.77. The van der Waals surface area contributed by atoms with E-state index >= 15 is 0 Å². The Labute approximate surface area is 269 Å². The zero-order valence-corrected chi connectivity index (χ0v) is 25.0. The quantitative estimate of drug-likeness (QED) is 0.209. The minimum Gasteiger partial charge on any atom is -0.456 e. The van der Waals surface area contributed by atoms with Crippen LogP contribution >= 0.6 is 0 Å². The summed E-state index contributed by atoms with van der Waals surface area (Å²) in [4.78, 5) is 15.1. The molecule has 2 aromatic heterocycles. The summed E-state index contributed by atoms with van der Waals surface area (Å²) in [7, 11) is 0. The van der Waals surface area contributed by atoms with Crippen molar-refractivity contribution in [3.8, 4) is 45.3 Å². The molecule has 47 heavy (non-hydrogen) atoms. The Morgan fingerprint density at radius 2 is 1.17 bits per heavy atom. The molecule has 6 heteroatoms. The molecule has 0 atom stereocenters. The monoisotopic (exact) mass is 603 g/mol. The lowest BCUT2D eigenvalue weighted by atomic mass is 9.88. The lowest BCUT2D eigenvalue weighted by Crippen LogP contribution is -2.16. The third-order valence-electron chi connectivity index (χ3n) is 8.77. The number of para-hydroxylation sites is 1. The van der Waals surface area contributed by atoms with Gasteiger partial charge in [0.15, 0.2) is 17.5 Å². The van der Waals surface area contributed by atoms with Crippen molar-refractivity contribution in [1.29, 1.82) is 10.8 Å². The topological polar surface area (TPSA) is 99.5 Å². The molecule has 9 rings (SSSR count). The Morgan fingerprint density at radius 1 is 0.489 bits per heavy atom. The Hall–Kier alpha value is -6.53. The van der Waals surface area contributed by atoms with Crippen LogP contribution in [0.3, 0.4) is 0 Å². The van der Waals surface area contributed by atoms with Gasteiger partial charge in [0.25, 0.3) is 0 Å². The summed E-state index contributed by atoms with van der Waals surface area (Å²) in [5.41, 5.74) is 8.47. The van der Waals surface area contributed by atoms with Gasteiger partial charge < -0.3 is 4.42 Å². The van der Waals surface area contributed by atoms with E-state index in [-0.39, 0.29) is 11.4 Å². The molecule has 1 aliphatic carbocycles. The maximum Gasteiger partial charge on any atom is 0.164 e. The summed E-state index contributed by atoms with van der Waals surface area (Å²) < 4.78 is 6.19. The van der Waals surface area contributed by atoms with E-state index in [0.717, 1.165) is 71.7 Å². The van der Waals surface area contributed by atoms with Crippen molar-refractivity contribution in [3.05, 3.63) is 145 Å². The van der Waals surface area contributed by atoms with Gasteiger partial charge in [-0.2, -0.15) is 0 Å². The summed E-state index contributed by atoms with van der Waals surface area (Å²) in [5, 5.41) is 20.9. The lowest BCUT2D eigenvalue weighted by Gasteiger charge is -2.16. The molecule has 0 fully saturated rings. The van der Waals surface area contributed by atoms with Crippen LogP contribution in [0.15, 0.2) is 138 Å². The van der Waals surface area contributed by atoms with Crippen molar-refractivity contribution < 1.29 is 4.42 Å². The van der Waals surface area contributed by atoms with Crippen molar-refractivity contribution in [1.82, 2.24) is 15.0 Å². The van der Waals surface area contributed by atoms with Gasteiger partial charge in [0.05, 0.1) is 11.4 Å². The third kappa shape index (κ3) is 4.46. The maximum absolute atomic E-state index is 8.64. The van der Waals surface area contributed by atoms with Gasteiger partial charge >= 0.3 is 0 Å². The Bertz CT molecular complexity index is 2620. The SMILES string of the molecule is N=C1C=Cc2ccc3ccc(-c4cccc(-c5nc(-c6ccccc6)nc(-c6cccc7oc8ccccc8c67)n5)c4)cc3c2C1=N. The van der Waals surface area contributed by atoms with Crippen LogP contribution in [0.1, 0.15) is 11.1 Å². The van der Waals surface area contributed by atoms with Gasteiger partial charge in [0.1, 0.15) is 11.2 Å². The zero-order valence-electron chi connectivity index (χ0n) is 25.0. The number of nitrogens with zero attached hydrogens (tertiary/aromatic N) is 3. The molecule has 2 N–H and O–H groups in total. The summed E-state index contributed by atoms with van der Waals surface area (Å²) in [6.07, 6.45) is 3.60. The van der Waals surface area contributed by atoms with E-state index < -0.39 is 0 Å². The fraction of sp³-hybridized carbons (Fsp3) is 0. The van der Waals surface area contributed by atoms with Crippen LogP contribution in [-0.2, 0) is 0 Å². The van der Waals surface area contributed by atoms with Gasteiger partial charge in [-0.25, -0.2) is 15.0 Å². The van der Waals surface area contributed by atoms with Crippen molar-refractivity contribution >= 4 is 50.2 Å². The predicted octanol–water partition coefficient (Wildman–Crippen LogP) is 10.0. The first-order valence-electron chi connectivity index (χ1n) is 15.4. The fourth-order valence-electron chi connectivity index (χ4n) is 6.47. The normalized spacial score (nSPS) is 12.7. The number of hydrogen-bond donors (Lipinski definition) is 2. The molecule has 0 unspecified atom stereocenters. The van der Waals surface area contributed by atoms with Gasteiger partial charge in [-0.3, -0.25) is 10.8 Å². The summed E-state index contributed by atoms with van der Waals surface area (Å²) in [5.74, 6) is 1.73. The van der Waals surface area contributed by atoms with E-state index in [2.05, 4.69) is 42.5 Å². The van der Waals surface area contributed by atoms with Crippen molar-refractivity contribution in [2.45, 2.75) is 0 Å². The predicted molar refractivity (Wildman–Crippen MR) is 190 cm³/mol. The van der Waals surface area contributed by atoms with Crippen molar-refractivity contribution in [2.75, 3.05) is 0 Å². The summed E-state index contributed by atoms with van der Waals surface area (Å²) in [6, 6.07) is 42.6. The van der Waals surface area contributed by atoms with Gasteiger partial charge in [0.2, 0.25) is 0 Å². The van der Waals surface area contributed by atoms with E-state index in [1.807, 2.05) is 91.0 Å². The highest BCUT2D eigenvalue weighted by Gasteiger charge is 2.20. The van der Waals surface area contributed by atoms with E-state index in [9.17, 15) is 0 Å². The average molecular weight is 604 g/mol. The van der Waals surface area contributed by atoms with Crippen LogP contribution in [0.5, 0.6) is 0 Å². The Balaban J connectivity index is 1.22. The average Bonchev–Trinajstić information content (AvgIpc) is 3.52. The highest BCUT2D eigenvalue weighted by Crippen LogP contribution is 2.37. The van der Waals surface area contributed by atoms with Crippen LogP contribution in [-0.4, -0.2) is 26.4 Å². The van der Waals surface area contributed by atoms with Crippen LogP contribution in [0.25, 0.3) is 84.1 Å². The molecule has 220 valence electrons. The maximum atomic E-state index is 8.64. The highest BCUT2D eigenvalue weighted by atomic mass is 16.3. The van der Waals surface area contributed by atoms with Gasteiger partial charge in [-0.1, -0.05) is 109 Å². The molecule has 0 spiro atoms. The lowest BCUT2D eigenvalue weighted by molar-refractivity contribution is 0.669. The van der Waals surface area contributed by atoms with Gasteiger partial charge in [-0.05, 0) is 57.8 Å². The Kier molecular flexibility index (Phi) is 6.01. The second-order valence-electron chi connectivity index (χ2n) is 11.6. The second kappa shape index (κ2) is 10.5. The van der Waals surface area contributed by atoms with E-state index in [0.29, 0.717) is 17.5 Å². The number of allylic oxidation sites excluding steroid dienone is 1. The first-order chi connectivity index (χ1) is 23.1. The van der Waals surface area contributed by atoms with Crippen LogP contribution in [0, 0.1) is 10.8 Å². The standard InChI is InChI=1S/C41H25N5O/c42-33-21-20-25-18-16-24-17-19-28(23-32(24)36(25)38(33)43)27-10-6-11-29(22-27)40-44-39(26-8-2-1-3-9-26)45-41(46-40)31-13-7-15-35-37(31)30-12-4-5-14-34(30)47-35/h1-23,42-43H. The number of fused-ring (bicyclic) bond motifs is 6. The number of rotatable bonds is 4. The molecule has 0 bridgehead atoms. The smallest absolute Gasteiger partial charge is 0.164 e. The first-order valence-corrected chi connectivity index (χ1v) is 15.4. The Morgan fingerprint density at radius 3 is 2.06 bits per heavy atom. The molecule has 6 nitrogen and oxygen atoms in total. The minimum absolute atomic E-state index is 0.219. The van der Waals surface area contributed by atoms with E-state index in [1.54, 1.807) is 6.08 Å². The molecule has 0 aliphatic heterocycles. The zero-order chi connectivity index (χ0) is 31.5. The summed E-state index contributed by atoms with van der Waals surface area (Å²) in [6.45, 7) is 0. The number of benzene rings is 6. The first kappa shape index (κ1) is 26.8. The number of nitrogens with one attached hydrogen (secondary N) is 2. The van der Waals surface area contributed by atoms with Gasteiger partial charge in [0, 0.05) is 33.0 Å². The van der Waals surface area contributed by atoms with Gasteiger partial charge in [-0.15, -0.1) is 0 Å². The van der Waals surface area contributed by atoms with Crippen molar-refractivity contribution in [3.63, 3.8) is 0 Å². The number of aromatic nitrogens is 3. The highest BCUT2D eigenvalue weighted by molar-refractivity contribution is 6.53. The molecule has 0 radical (unpaired) electrons. The second-order valence-corrected chi connectivity index (χ2v) is 11.6. The molecule has 1 aliphatic rings.